The zero-order valence-electron chi connectivity index (χ0n) is 15.6. The summed E-state index contributed by atoms with van der Waals surface area (Å²) in [5.41, 5.74) is 4.15. The quantitative estimate of drug-likeness (QED) is 0.563. The van der Waals surface area contributed by atoms with Crippen molar-refractivity contribution in [3.63, 3.8) is 0 Å². The number of fused-ring (bicyclic) bond motifs is 1. The molecular formula is C22H22N2O4. The van der Waals surface area contributed by atoms with E-state index in [-0.39, 0.29) is 19.1 Å². The van der Waals surface area contributed by atoms with Crippen LogP contribution in [0.5, 0.6) is 17.2 Å². The molecule has 0 aliphatic carbocycles. The van der Waals surface area contributed by atoms with E-state index < -0.39 is 0 Å². The minimum atomic E-state index is 0.107. The molecule has 1 aromatic heterocycles. The first-order valence-corrected chi connectivity index (χ1v) is 9.21. The zero-order chi connectivity index (χ0) is 19.5. The fraction of sp³-hybridized carbons (Fsp3) is 0.227. The summed E-state index contributed by atoms with van der Waals surface area (Å²) in [6, 6.07) is 15.1. The lowest BCUT2D eigenvalue weighted by molar-refractivity contribution is 0.174. The summed E-state index contributed by atoms with van der Waals surface area (Å²) in [7, 11) is 0. The monoisotopic (exact) mass is 378 g/mol. The van der Waals surface area contributed by atoms with Gasteiger partial charge in [-0.25, -0.2) is 4.98 Å². The van der Waals surface area contributed by atoms with Crippen molar-refractivity contribution in [2.75, 3.05) is 25.3 Å². The van der Waals surface area contributed by atoms with Gasteiger partial charge in [0, 0.05) is 24.3 Å². The van der Waals surface area contributed by atoms with E-state index in [1.165, 1.54) is 0 Å². The van der Waals surface area contributed by atoms with E-state index in [2.05, 4.69) is 10.3 Å². The second kappa shape index (κ2) is 7.78. The molecule has 0 amide bonds. The molecule has 2 aromatic carbocycles. The molecule has 3 N–H and O–H groups in total. The number of ether oxygens (including phenoxy) is 2. The van der Waals surface area contributed by atoms with Crippen molar-refractivity contribution >= 4 is 5.82 Å². The number of nitrogens with zero attached hydrogens (tertiary/aromatic N) is 1. The van der Waals surface area contributed by atoms with E-state index in [1.54, 1.807) is 6.07 Å². The van der Waals surface area contributed by atoms with Gasteiger partial charge in [-0.2, -0.15) is 0 Å². The number of aliphatic hydroxyl groups is 1. The first kappa shape index (κ1) is 18.1. The largest absolute Gasteiger partial charge is 0.507 e. The van der Waals surface area contributed by atoms with Crippen LogP contribution in [-0.2, 0) is 0 Å². The van der Waals surface area contributed by atoms with Crippen LogP contribution in [0, 0.1) is 6.92 Å². The van der Waals surface area contributed by atoms with E-state index >= 15 is 0 Å². The van der Waals surface area contributed by atoms with Crippen molar-refractivity contribution in [1.29, 1.82) is 0 Å². The number of phenolic OH excluding ortho intramolecular Hbond substituents is 1. The van der Waals surface area contributed by atoms with Crippen LogP contribution < -0.4 is 14.8 Å². The Morgan fingerprint density at radius 2 is 1.96 bits per heavy atom. The molecule has 0 bridgehead atoms. The predicted molar refractivity (Wildman–Crippen MR) is 108 cm³/mol. The number of aromatic nitrogens is 1. The number of pyridine rings is 1. The van der Waals surface area contributed by atoms with Crippen LogP contribution in [0.15, 0.2) is 48.5 Å². The van der Waals surface area contributed by atoms with Crippen molar-refractivity contribution in [3.05, 3.63) is 54.1 Å². The number of para-hydroxylation sites is 1. The summed E-state index contributed by atoms with van der Waals surface area (Å²) in [6.45, 7) is 2.88. The summed E-state index contributed by atoms with van der Waals surface area (Å²) in [5, 5.41) is 22.7. The maximum absolute atomic E-state index is 10.4. The molecule has 0 fully saturated rings. The second-order valence-corrected chi connectivity index (χ2v) is 6.69. The van der Waals surface area contributed by atoms with Gasteiger partial charge in [-0.1, -0.05) is 23.8 Å². The highest BCUT2D eigenvalue weighted by atomic mass is 16.7. The summed E-state index contributed by atoms with van der Waals surface area (Å²) in [5.74, 6) is 2.26. The van der Waals surface area contributed by atoms with Gasteiger partial charge < -0.3 is 25.0 Å². The van der Waals surface area contributed by atoms with Crippen molar-refractivity contribution in [2.45, 2.75) is 13.3 Å². The van der Waals surface area contributed by atoms with Crippen LogP contribution in [0.1, 0.15) is 12.0 Å². The van der Waals surface area contributed by atoms with E-state index in [4.69, 9.17) is 14.6 Å². The molecule has 0 unspecified atom stereocenters. The van der Waals surface area contributed by atoms with E-state index in [0.29, 0.717) is 41.5 Å². The topological polar surface area (TPSA) is 83.8 Å². The van der Waals surface area contributed by atoms with E-state index in [1.807, 2.05) is 49.4 Å². The number of anilines is 1. The highest BCUT2D eigenvalue weighted by Gasteiger charge is 2.20. The molecule has 0 saturated heterocycles. The fourth-order valence-corrected chi connectivity index (χ4v) is 3.22. The number of nitrogens with one attached hydrogen (secondary N) is 1. The van der Waals surface area contributed by atoms with Gasteiger partial charge in [0.1, 0.15) is 11.6 Å². The smallest absolute Gasteiger partial charge is 0.231 e. The molecule has 2 heterocycles. The Morgan fingerprint density at radius 1 is 1.07 bits per heavy atom. The SMILES string of the molecule is Cc1ccc(O)c(-c2cc(-c3cccc4c3OCO4)cc(NCCCO)n2)c1. The maximum Gasteiger partial charge on any atom is 0.231 e. The second-order valence-electron chi connectivity index (χ2n) is 6.69. The lowest BCUT2D eigenvalue weighted by Gasteiger charge is -2.13. The van der Waals surface area contributed by atoms with E-state index in [0.717, 1.165) is 16.7 Å². The van der Waals surface area contributed by atoms with Crippen LogP contribution >= 0.6 is 0 Å². The average molecular weight is 378 g/mol. The normalized spacial score (nSPS) is 12.2. The lowest BCUT2D eigenvalue weighted by Crippen LogP contribution is -2.06. The Balaban J connectivity index is 1.83. The Labute approximate surface area is 163 Å². The van der Waals surface area contributed by atoms with Gasteiger partial charge in [-0.05, 0) is 49.2 Å². The Hall–Kier alpha value is -3.25. The molecule has 0 atom stereocenters. The first-order valence-electron chi connectivity index (χ1n) is 9.21. The molecule has 0 radical (unpaired) electrons. The number of phenols is 1. The molecule has 0 saturated carbocycles. The van der Waals surface area contributed by atoms with Crippen molar-refractivity contribution < 1.29 is 19.7 Å². The molecule has 28 heavy (non-hydrogen) atoms. The third-order valence-electron chi connectivity index (χ3n) is 4.60. The lowest BCUT2D eigenvalue weighted by atomic mass is 10.0. The molecule has 4 rings (SSSR count). The standard InChI is InChI=1S/C22H22N2O4/c1-14-6-7-19(26)17(10-14)18-11-15(12-21(24-18)23-8-3-9-25)16-4-2-5-20-22(16)28-13-27-20/h2,4-7,10-12,25-26H,3,8-9,13H2,1H3,(H,23,24). The number of aryl methyl sites for hydroxylation is 1. The highest BCUT2D eigenvalue weighted by molar-refractivity contribution is 5.80. The molecule has 0 spiro atoms. The Bertz CT molecular complexity index is 1000. The molecule has 6 nitrogen and oxygen atoms in total. The maximum atomic E-state index is 10.4. The minimum Gasteiger partial charge on any atom is -0.507 e. The van der Waals surface area contributed by atoms with Gasteiger partial charge in [-0.3, -0.25) is 0 Å². The molecule has 6 heteroatoms. The summed E-state index contributed by atoms with van der Waals surface area (Å²) < 4.78 is 11.2. The number of aliphatic hydroxyl groups excluding tert-OH is 1. The third-order valence-corrected chi connectivity index (χ3v) is 4.60. The molecular weight excluding hydrogens is 356 g/mol. The average Bonchev–Trinajstić information content (AvgIpc) is 3.19. The number of benzene rings is 2. The molecule has 1 aliphatic heterocycles. The molecule has 1 aliphatic rings. The van der Waals surface area contributed by atoms with Crippen LogP contribution in [0.3, 0.4) is 0 Å². The highest BCUT2D eigenvalue weighted by Crippen LogP contribution is 2.42. The predicted octanol–water partition coefficient (Wildman–Crippen LogP) is 3.95. The van der Waals surface area contributed by atoms with Crippen LogP contribution in [0.2, 0.25) is 0 Å². The Kier molecular flexibility index (Phi) is 5.04. The van der Waals surface area contributed by atoms with Gasteiger partial charge in [0.05, 0.1) is 5.69 Å². The van der Waals surface area contributed by atoms with Gasteiger partial charge in [0.2, 0.25) is 6.79 Å². The number of hydrogen-bond acceptors (Lipinski definition) is 6. The van der Waals surface area contributed by atoms with Gasteiger partial charge in [-0.15, -0.1) is 0 Å². The van der Waals surface area contributed by atoms with E-state index in [9.17, 15) is 5.11 Å². The van der Waals surface area contributed by atoms with Crippen molar-refractivity contribution in [1.82, 2.24) is 4.98 Å². The fourth-order valence-electron chi connectivity index (χ4n) is 3.22. The first-order chi connectivity index (χ1) is 13.7. The van der Waals surface area contributed by atoms with Crippen molar-refractivity contribution in [2.24, 2.45) is 0 Å². The van der Waals surface area contributed by atoms with Crippen LogP contribution in [0.4, 0.5) is 5.82 Å². The van der Waals surface area contributed by atoms with Crippen LogP contribution in [-0.4, -0.2) is 35.1 Å². The zero-order valence-corrected chi connectivity index (χ0v) is 15.6. The number of aromatic hydroxyl groups is 1. The van der Waals surface area contributed by atoms with Gasteiger partial charge in [0.15, 0.2) is 11.5 Å². The van der Waals surface area contributed by atoms with Crippen molar-refractivity contribution in [3.8, 4) is 39.6 Å². The Morgan fingerprint density at radius 3 is 2.82 bits per heavy atom. The van der Waals surface area contributed by atoms with Crippen LogP contribution in [0.25, 0.3) is 22.4 Å². The molecule has 144 valence electrons. The van der Waals surface area contributed by atoms with Gasteiger partial charge >= 0.3 is 0 Å². The number of rotatable bonds is 6. The summed E-state index contributed by atoms with van der Waals surface area (Å²) in [6.07, 6.45) is 0.620. The third kappa shape index (κ3) is 3.59. The minimum absolute atomic E-state index is 0.107. The summed E-state index contributed by atoms with van der Waals surface area (Å²) >= 11 is 0. The summed E-state index contributed by atoms with van der Waals surface area (Å²) in [4.78, 5) is 4.67. The van der Waals surface area contributed by atoms with Gasteiger partial charge in [0.25, 0.3) is 0 Å². The molecule has 3 aromatic rings. The number of hydrogen-bond donors (Lipinski definition) is 3.